The van der Waals surface area contributed by atoms with Crippen molar-refractivity contribution in [2.75, 3.05) is 21.0 Å². The number of hydrogen-bond acceptors (Lipinski definition) is 5. The summed E-state index contributed by atoms with van der Waals surface area (Å²) >= 11 is 0. The smallest absolute Gasteiger partial charge is 0.231 e. The minimum absolute atomic E-state index is 0.217. The lowest BCUT2D eigenvalue weighted by Crippen LogP contribution is -2.39. The lowest BCUT2D eigenvalue weighted by Gasteiger charge is -2.20. The molecule has 0 amide bonds. The summed E-state index contributed by atoms with van der Waals surface area (Å²) in [5, 5.41) is 0. The Hall–Kier alpha value is -1.30. The van der Waals surface area contributed by atoms with Gasteiger partial charge in [-0.25, -0.2) is 0 Å². The van der Waals surface area contributed by atoms with E-state index in [9.17, 15) is 0 Å². The van der Waals surface area contributed by atoms with E-state index >= 15 is 0 Å². The molecule has 2 rings (SSSR count). The predicted octanol–water partition coefficient (Wildman–Crippen LogP) is 0.904. The fraction of sp³-hybridized carbons (Fsp3) is 0.500. The molecule has 5 heteroatoms. The van der Waals surface area contributed by atoms with Gasteiger partial charge in [-0.05, 0) is 24.1 Å². The molecule has 17 heavy (non-hydrogen) atoms. The summed E-state index contributed by atoms with van der Waals surface area (Å²) in [5.41, 5.74) is 7.06. The second-order valence-corrected chi connectivity index (χ2v) is 3.90. The molecular formula is C12H17NO4. The van der Waals surface area contributed by atoms with Crippen LogP contribution in [0.25, 0.3) is 0 Å². The van der Waals surface area contributed by atoms with E-state index in [0.29, 0.717) is 6.42 Å². The maximum absolute atomic E-state index is 5.99. The highest BCUT2D eigenvalue weighted by Crippen LogP contribution is 2.32. The molecule has 0 aliphatic carbocycles. The molecule has 1 aliphatic heterocycles. The summed E-state index contributed by atoms with van der Waals surface area (Å²) in [4.78, 5) is 0. The van der Waals surface area contributed by atoms with Crippen LogP contribution >= 0.6 is 0 Å². The van der Waals surface area contributed by atoms with Crippen molar-refractivity contribution in [3.63, 3.8) is 0 Å². The van der Waals surface area contributed by atoms with E-state index in [4.69, 9.17) is 24.7 Å². The molecule has 0 fully saturated rings. The van der Waals surface area contributed by atoms with Crippen LogP contribution in [0.3, 0.4) is 0 Å². The average molecular weight is 239 g/mol. The van der Waals surface area contributed by atoms with Gasteiger partial charge >= 0.3 is 0 Å². The lowest BCUT2D eigenvalue weighted by molar-refractivity contribution is -0.115. The van der Waals surface area contributed by atoms with Gasteiger partial charge in [0, 0.05) is 14.2 Å². The van der Waals surface area contributed by atoms with Crippen LogP contribution in [-0.2, 0) is 15.9 Å². The fourth-order valence-corrected chi connectivity index (χ4v) is 1.88. The standard InChI is InChI=1S/C12H17NO4/c1-14-12(15-2)9(13)5-8-3-4-10-11(6-8)17-7-16-10/h3-4,6,9,12H,5,7,13H2,1-2H3. The number of nitrogens with two attached hydrogens (primary N) is 1. The molecule has 0 spiro atoms. The van der Waals surface area contributed by atoms with Crippen LogP contribution < -0.4 is 15.2 Å². The van der Waals surface area contributed by atoms with E-state index in [-0.39, 0.29) is 12.8 Å². The summed E-state index contributed by atoms with van der Waals surface area (Å²) in [6, 6.07) is 5.57. The predicted molar refractivity (Wildman–Crippen MR) is 62.1 cm³/mol. The highest BCUT2D eigenvalue weighted by Gasteiger charge is 2.19. The lowest BCUT2D eigenvalue weighted by atomic mass is 10.1. The van der Waals surface area contributed by atoms with Crippen molar-refractivity contribution in [2.45, 2.75) is 18.8 Å². The minimum Gasteiger partial charge on any atom is -0.454 e. The van der Waals surface area contributed by atoms with Gasteiger partial charge in [-0.3, -0.25) is 0 Å². The number of methoxy groups -OCH3 is 2. The summed E-state index contributed by atoms with van der Waals surface area (Å²) in [7, 11) is 3.15. The van der Waals surface area contributed by atoms with Crippen LogP contribution in [0.5, 0.6) is 11.5 Å². The second-order valence-electron chi connectivity index (χ2n) is 3.90. The first kappa shape index (κ1) is 12.2. The Morgan fingerprint density at radius 1 is 1.24 bits per heavy atom. The average Bonchev–Trinajstić information content (AvgIpc) is 2.77. The highest BCUT2D eigenvalue weighted by atomic mass is 16.7. The molecule has 1 atom stereocenters. The molecule has 5 nitrogen and oxygen atoms in total. The topological polar surface area (TPSA) is 62.9 Å². The van der Waals surface area contributed by atoms with Gasteiger partial charge in [0.2, 0.25) is 6.79 Å². The first-order valence-corrected chi connectivity index (χ1v) is 5.44. The minimum atomic E-state index is -0.402. The molecule has 1 aromatic rings. The molecule has 1 heterocycles. The Balaban J connectivity index is 2.03. The van der Waals surface area contributed by atoms with Gasteiger partial charge in [-0.2, -0.15) is 0 Å². The van der Waals surface area contributed by atoms with Gasteiger partial charge in [0.1, 0.15) is 0 Å². The Kier molecular flexibility index (Phi) is 3.83. The van der Waals surface area contributed by atoms with Gasteiger partial charge in [-0.1, -0.05) is 6.07 Å². The number of fused-ring (bicyclic) bond motifs is 1. The Bertz CT molecular complexity index is 379. The summed E-state index contributed by atoms with van der Waals surface area (Å²) in [6.45, 7) is 0.281. The van der Waals surface area contributed by atoms with Crippen LogP contribution in [0.4, 0.5) is 0 Å². The Morgan fingerprint density at radius 3 is 2.65 bits per heavy atom. The largest absolute Gasteiger partial charge is 0.454 e. The zero-order valence-corrected chi connectivity index (χ0v) is 10.0. The van der Waals surface area contributed by atoms with Crippen LogP contribution in [0.15, 0.2) is 18.2 Å². The SMILES string of the molecule is COC(OC)C(N)Cc1ccc2c(c1)OCO2. The normalized spacial score (nSPS) is 15.3. The molecule has 1 aliphatic rings. The van der Waals surface area contributed by atoms with Crippen LogP contribution in [0.2, 0.25) is 0 Å². The maximum atomic E-state index is 5.99. The van der Waals surface area contributed by atoms with Gasteiger partial charge in [0.15, 0.2) is 17.8 Å². The van der Waals surface area contributed by atoms with E-state index in [1.54, 1.807) is 14.2 Å². The second kappa shape index (κ2) is 5.35. The quantitative estimate of drug-likeness (QED) is 0.774. The van der Waals surface area contributed by atoms with Gasteiger partial charge in [0.25, 0.3) is 0 Å². The Morgan fingerprint density at radius 2 is 1.94 bits per heavy atom. The number of benzene rings is 1. The van der Waals surface area contributed by atoms with Crippen LogP contribution in [0, 0.1) is 0 Å². The highest BCUT2D eigenvalue weighted by molar-refractivity contribution is 5.44. The van der Waals surface area contributed by atoms with E-state index in [1.165, 1.54) is 0 Å². The molecule has 94 valence electrons. The van der Waals surface area contributed by atoms with E-state index < -0.39 is 6.29 Å². The third kappa shape index (κ3) is 2.69. The molecule has 0 saturated heterocycles. The van der Waals surface area contributed by atoms with Crippen molar-refractivity contribution >= 4 is 0 Å². The molecule has 2 N–H and O–H groups in total. The zero-order chi connectivity index (χ0) is 12.3. The third-order valence-corrected chi connectivity index (χ3v) is 2.72. The van der Waals surface area contributed by atoms with Crippen LogP contribution in [0.1, 0.15) is 5.56 Å². The summed E-state index contributed by atoms with van der Waals surface area (Å²) in [5.74, 6) is 1.54. The molecule has 1 unspecified atom stereocenters. The zero-order valence-electron chi connectivity index (χ0n) is 10.0. The van der Waals surface area contributed by atoms with Gasteiger partial charge < -0.3 is 24.7 Å². The van der Waals surface area contributed by atoms with Crippen molar-refractivity contribution in [3.8, 4) is 11.5 Å². The number of hydrogen-bond donors (Lipinski definition) is 1. The molecule has 0 aromatic heterocycles. The van der Waals surface area contributed by atoms with Crippen molar-refractivity contribution in [1.82, 2.24) is 0 Å². The fourth-order valence-electron chi connectivity index (χ4n) is 1.88. The third-order valence-electron chi connectivity index (χ3n) is 2.72. The number of rotatable bonds is 5. The summed E-state index contributed by atoms with van der Waals surface area (Å²) in [6.07, 6.45) is 0.253. The maximum Gasteiger partial charge on any atom is 0.231 e. The van der Waals surface area contributed by atoms with Crippen LogP contribution in [-0.4, -0.2) is 33.3 Å². The molecular weight excluding hydrogens is 222 g/mol. The van der Waals surface area contributed by atoms with Gasteiger partial charge in [0.05, 0.1) is 6.04 Å². The van der Waals surface area contributed by atoms with E-state index in [0.717, 1.165) is 17.1 Å². The van der Waals surface area contributed by atoms with Gasteiger partial charge in [-0.15, -0.1) is 0 Å². The number of ether oxygens (including phenoxy) is 4. The monoisotopic (exact) mass is 239 g/mol. The molecule has 1 aromatic carbocycles. The Labute approximate surface area is 100 Å². The van der Waals surface area contributed by atoms with Crippen molar-refractivity contribution < 1.29 is 18.9 Å². The van der Waals surface area contributed by atoms with Crippen molar-refractivity contribution in [1.29, 1.82) is 0 Å². The first-order chi connectivity index (χ1) is 8.24. The van der Waals surface area contributed by atoms with E-state index in [1.807, 2.05) is 18.2 Å². The first-order valence-electron chi connectivity index (χ1n) is 5.44. The molecule has 0 radical (unpaired) electrons. The molecule has 0 bridgehead atoms. The summed E-state index contributed by atoms with van der Waals surface area (Å²) < 4.78 is 20.8. The van der Waals surface area contributed by atoms with E-state index in [2.05, 4.69) is 0 Å². The molecule has 0 saturated carbocycles. The van der Waals surface area contributed by atoms with Crippen molar-refractivity contribution in [2.24, 2.45) is 5.73 Å². The van der Waals surface area contributed by atoms with Crippen molar-refractivity contribution in [3.05, 3.63) is 23.8 Å².